The lowest BCUT2D eigenvalue weighted by Crippen LogP contribution is -2.24. The molecule has 0 spiro atoms. The van der Waals surface area contributed by atoms with Crippen molar-refractivity contribution in [3.8, 4) is 0 Å². The van der Waals surface area contributed by atoms with E-state index >= 15 is 0 Å². The maximum atomic E-state index is 5.82. The molecule has 0 amide bonds. The molecule has 2 aromatic rings. The molecular formula is C18H30N4O3. The Bertz CT molecular complexity index is 482. The van der Waals surface area contributed by atoms with Crippen LogP contribution in [0.25, 0.3) is 0 Å². The first kappa shape index (κ1) is 19.6. The molecule has 2 unspecified atom stereocenters. The summed E-state index contributed by atoms with van der Waals surface area (Å²) >= 11 is 0. The van der Waals surface area contributed by atoms with Crippen LogP contribution < -0.4 is 0 Å². The summed E-state index contributed by atoms with van der Waals surface area (Å²) in [5.74, 6) is 0. The van der Waals surface area contributed by atoms with Gasteiger partial charge in [-0.15, -0.1) is 0 Å². The van der Waals surface area contributed by atoms with E-state index in [0.717, 1.165) is 49.9 Å². The highest BCUT2D eigenvalue weighted by Gasteiger charge is 2.12. The molecule has 0 saturated carbocycles. The quantitative estimate of drug-likeness (QED) is 0.547. The Balaban J connectivity index is 1.55. The van der Waals surface area contributed by atoms with E-state index in [2.05, 4.69) is 19.9 Å². The average molecular weight is 350 g/mol. The number of aryl methyl sites for hydroxylation is 2. The number of nitrogens with one attached hydrogen (secondary N) is 2. The summed E-state index contributed by atoms with van der Waals surface area (Å²) in [5, 5.41) is 0. The SMILES string of the molecule is COC(CCCc1cnc[nH]1)COCC(CCCc1cnc[nH]1)OC. The Hall–Kier alpha value is -1.70. The van der Waals surface area contributed by atoms with Gasteiger partial charge in [-0.25, -0.2) is 9.97 Å². The molecule has 0 aliphatic rings. The predicted octanol–water partition coefficient (Wildman–Crippen LogP) is 2.53. The smallest absolute Gasteiger partial charge is 0.0921 e. The number of rotatable bonds is 14. The van der Waals surface area contributed by atoms with Crippen molar-refractivity contribution in [3.63, 3.8) is 0 Å². The van der Waals surface area contributed by atoms with Crippen LogP contribution in [0.5, 0.6) is 0 Å². The highest BCUT2D eigenvalue weighted by Crippen LogP contribution is 2.09. The second-order valence-electron chi connectivity index (χ2n) is 6.19. The Morgan fingerprint density at radius 2 is 1.32 bits per heavy atom. The number of H-pyrrole nitrogens is 2. The largest absolute Gasteiger partial charge is 0.379 e. The van der Waals surface area contributed by atoms with Crippen molar-refractivity contribution in [1.82, 2.24) is 19.9 Å². The molecule has 140 valence electrons. The Kier molecular flexibility index (Phi) is 9.25. The number of hydrogen-bond donors (Lipinski definition) is 2. The summed E-state index contributed by atoms with van der Waals surface area (Å²) in [6.45, 7) is 1.19. The summed E-state index contributed by atoms with van der Waals surface area (Å²) < 4.78 is 16.9. The second kappa shape index (κ2) is 11.8. The minimum atomic E-state index is 0.116. The number of aromatic nitrogens is 4. The lowest BCUT2D eigenvalue weighted by atomic mass is 10.1. The molecule has 0 saturated heterocycles. The van der Waals surface area contributed by atoms with Crippen LogP contribution in [0.1, 0.15) is 37.1 Å². The van der Waals surface area contributed by atoms with E-state index in [1.165, 1.54) is 0 Å². The molecule has 0 radical (unpaired) electrons. The lowest BCUT2D eigenvalue weighted by molar-refractivity contribution is -0.0395. The van der Waals surface area contributed by atoms with Crippen LogP contribution in [0.4, 0.5) is 0 Å². The summed E-state index contributed by atoms with van der Waals surface area (Å²) in [6.07, 6.45) is 13.4. The van der Waals surface area contributed by atoms with Crippen molar-refractivity contribution >= 4 is 0 Å². The molecule has 0 aliphatic heterocycles. The second-order valence-corrected chi connectivity index (χ2v) is 6.19. The third kappa shape index (κ3) is 7.81. The van der Waals surface area contributed by atoms with Crippen LogP contribution in [0.15, 0.2) is 25.0 Å². The first-order valence-corrected chi connectivity index (χ1v) is 8.89. The number of imidazole rings is 2. The Labute approximate surface area is 149 Å². The van der Waals surface area contributed by atoms with Crippen LogP contribution in [-0.4, -0.2) is 59.6 Å². The molecule has 7 nitrogen and oxygen atoms in total. The average Bonchev–Trinajstić information content (AvgIpc) is 3.32. The van der Waals surface area contributed by atoms with Gasteiger partial charge in [0.15, 0.2) is 0 Å². The molecule has 0 bridgehead atoms. The van der Waals surface area contributed by atoms with Gasteiger partial charge in [-0.2, -0.15) is 0 Å². The number of hydrogen-bond acceptors (Lipinski definition) is 5. The van der Waals surface area contributed by atoms with Gasteiger partial charge in [-0.3, -0.25) is 0 Å². The van der Waals surface area contributed by atoms with E-state index in [1.807, 2.05) is 12.4 Å². The van der Waals surface area contributed by atoms with E-state index in [-0.39, 0.29) is 12.2 Å². The van der Waals surface area contributed by atoms with E-state index in [1.54, 1.807) is 26.9 Å². The fourth-order valence-corrected chi connectivity index (χ4v) is 2.75. The van der Waals surface area contributed by atoms with Crippen molar-refractivity contribution in [2.75, 3.05) is 27.4 Å². The van der Waals surface area contributed by atoms with Crippen molar-refractivity contribution in [2.45, 2.75) is 50.7 Å². The maximum Gasteiger partial charge on any atom is 0.0921 e. The minimum absolute atomic E-state index is 0.116. The Morgan fingerprint density at radius 3 is 1.68 bits per heavy atom. The van der Waals surface area contributed by atoms with Crippen molar-refractivity contribution in [1.29, 1.82) is 0 Å². The van der Waals surface area contributed by atoms with Gasteiger partial charge in [-0.05, 0) is 38.5 Å². The van der Waals surface area contributed by atoms with Gasteiger partial charge in [0.1, 0.15) is 0 Å². The number of nitrogens with zero attached hydrogens (tertiary/aromatic N) is 2. The molecule has 2 atom stereocenters. The molecular weight excluding hydrogens is 320 g/mol. The molecule has 0 aromatic carbocycles. The van der Waals surface area contributed by atoms with E-state index in [9.17, 15) is 0 Å². The zero-order chi connectivity index (χ0) is 17.7. The van der Waals surface area contributed by atoms with Crippen molar-refractivity contribution in [3.05, 3.63) is 36.4 Å². The molecule has 25 heavy (non-hydrogen) atoms. The van der Waals surface area contributed by atoms with Gasteiger partial charge >= 0.3 is 0 Å². The molecule has 0 fully saturated rings. The van der Waals surface area contributed by atoms with Gasteiger partial charge in [0.2, 0.25) is 0 Å². The van der Waals surface area contributed by atoms with Gasteiger partial charge < -0.3 is 24.2 Å². The predicted molar refractivity (Wildman–Crippen MR) is 95.5 cm³/mol. The zero-order valence-electron chi connectivity index (χ0n) is 15.2. The van der Waals surface area contributed by atoms with E-state index < -0.39 is 0 Å². The highest BCUT2D eigenvalue weighted by molar-refractivity contribution is 4.94. The van der Waals surface area contributed by atoms with Crippen LogP contribution in [0, 0.1) is 0 Å². The molecule has 2 rings (SSSR count). The molecule has 0 aliphatic carbocycles. The molecule has 2 heterocycles. The topological polar surface area (TPSA) is 85.0 Å². The summed E-state index contributed by atoms with van der Waals surface area (Å²) in [7, 11) is 3.48. The monoisotopic (exact) mass is 350 g/mol. The highest BCUT2D eigenvalue weighted by atomic mass is 16.5. The fourth-order valence-electron chi connectivity index (χ4n) is 2.75. The number of ether oxygens (including phenoxy) is 3. The van der Waals surface area contributed by atoms with Crippen LogP contribution in [0.3, 0.4) is 0 Å². The standard InChI is InChI=1S/C18H30N4O3/c1-23-17(7-3-5-15-9-19-13-21-15)11-25-12-18(24-2)8-4-6-16-10-20-14-22-16/h9-10,13-14,17-18H,3-8,11-12H2,1-2H3,(H,19,21)(H,20,22). The maximum absolute atomic E-state index is 5.82. The van der Waals surface area contributed by atoms with E-state index in [4.69, 9.17) is 14.2 Å². The van der Waals surface area contributed by atoms with Crippen LogP contribution in [-0.2, 0) is 27.1 Å². The van der Waals surface area contributed by atoms with Crippen LogP contribution in [0.2, 0.25) is 0 Å². The normalized spacial score (nSPS) is 13.8. The van der Waals surface area contributed by atoms with Crippen LogP contribution >= 0.6 is 0 Å². The molecule has 2 N–H and O–H groups in total. The van der Waals surface area contributed by atoms with Crippen molar-refractivity contribution < 1.29 is 14.2 Å². The lowest BCUT2D eigenvalue weighted by Gasteiger charge is -2.19. The van der Waals surface area contributed by atoms with Gasteiger partial charge in [-0.1, -0.05) is 0 Å². The van der Waals surface area contributed by atoms with Gasteiger partial charge in [0.25, 0.3) is 0 Å². The van der Waals surface area contributed by atoms with Gasteiger partial charge in [0.05, 0.1) is 38.1 Å². The third-order valence-electron chi connectivity index (χ3n) is 4.33. The fraction of sp³-hybridized carbons (Fsp3) is 0.667. The van der Waals surface area contributed by atoms with Gasteiger partial charge in [0, 0.05) is 38.0 Å². The molecule has 7 heteroatoms. The number of methoxy groups -OCH3 is 2. The zero-order valence-corrected chi connectivity index (χ0v) is 15.2. The summed E-state index contributed by atoms with van der Waals surface area (Å²) in [4.78, 5) is 14.3. The third-order valence-corrected chi connectivity index (χ3v) is 4.33. The number of aromatic amines is 2. The minimum Gasteiger partial charge on any atom is -0.379 e. The summed E-state index contributed by atoms with van der Waals surface area (Å²) in [6, 6.07) is 0. The Morgan fingerprint density at radius 1 is 0.840 bits per heavy atom. The first-order valence-electron chi connectivity index (χ1n) is 8.89. The first-order chi connectivity index (χ1) is 12.3. The molecule has 2 aromatic heterocycles. The van der Waals surface area contributed by atoms with Crippen molar-refractivity contribution in [2.24, 2.45) is 0 Å². The van der Waals surface area contributed by atoms with E-state index in [0.29, 0.717) is 13.2 Å². The summed E-state index contributed by atoms with van der Waals surface area (Å²) in [5.41, 5.74) is 2.32.